The van der Waals surface area contributed by atoms with E-state index in [4.69, 9.17) is 17.0 Å². The number of aliphatic hydroxyl groups is 1. The molecule has 2 aromatic rings. The summed E-state index contributed by atoms with van der Waals surface area (Å²) in [6, 6.07) is 2.52. The number of amides is 2. The lowest BCUT2D eigenvalue weighted by atomic mass is 10.0. The molecule has 4 rings (SSSR count). The third kappa shape index (κ3) is 5.03. The van der Waals surface area contributed by atoms with Gasteiger partial charge in [0.05, 0.1) is 6.61 Å². The number of rotatable bonds is 9. The lowest BCUT2D eigenvalue weighted by Gasteiger charge is -2.49. The zero-order valence-electron chi connectivity index (χ0n) is 18.7. The standard InChI is InChI=1S/C22H20N6O6S2/c1-2-6-34-26-15(14-11-36-22(23)24-14)18(30)25-16-19(31)28-17(21(32)33)13(10-35-20(16)28)8-27-5-3-4-12(7-27)9-29/h1,3-5,7,11,16,20,29H,6,8-10H2,(H3-,23,24,25,30,32,33)/p+1/t16?,20-/m0/s1. The number of anilines is 1. The first-order chi connectivity index (χ1) is 17.3. The maximum absolute atomic E-state index is 13.0. The van der Waals surface area contributed by atoms with Crippen molar-refractivity contribution in [2.24, 2.45) is 5.16 Å². The largest absolute Gasteiger partial charge is 0.477 e. The number of thioether (sulfide) groups is 1. The molecule has 12 nitrogen and oxygen atoms in total. The number of hydrogen-bond acceptors (Lipinski definition) is 10. The van der Waals surface area contributed by atoms with Crippen LogP contribution in [0.15, 0.2) is 46.3 Å². The van der Waals surface area contributed by atoms with Crippen molar-refractivity contribution in [1.82, 2.24) is 15.2 Å². The highest BCUT2D eigenvalue weighted by Crippen LogP contribution is 2.40. The van der Waals surface area contributed by atoms with Crippen LogP contribution in [0.1, 0.15) is 11.3 Å². The van der Waals surface area contributed by atoms with Gasteiger partial charge in [-0.05, 0) is 6.07 Å². The minimum absolute atomic E-state index is 0.116. The predicted octanol–water partition coefficient (Wildman–Crippen LogP) is -0.702. The molecule has 36 heavy (non-hydrogen) atoms. The minimum atomic E-state index is -1.24. The molecular weight excluding hydrogens is 508 g/mol. The summed E-state index contributed by atoms with van der Waals surface area (Å²) in [4.78, 5) is 48.2. The Balaban J connectivity index is 1.53. The molecule has 2 atom stereocenters. The SMILES string of the molecule is C#CCON=C(C(=O)NC1C(=O)N2C(C(=O)O)=C(C[n+]3cccc(CO)c3)CS[C@@H]12)c1csc(N)n1. The molecular formula is C22H21N6O6S2+. The molecule has 1 saturated heterocycles. The fraction of sp³-hybridized carbons (Fsp3) is 0.273. The number of carbonyl (C=O) groups excluding carboxylic acids is 2. The van der Waals surface area contributed by atoms with Crippen LogP contribution in [-0.4, -0.2) is 67.4 Å². The van der Waals surface area contributed by atoms with Gasteiger partial charge in [-0.3, -0.25) is 14.5 Å². The Hall–Kier alpha value is -3.93. The van der Waals surface area contributed by atoms with Crippen LogP contribution in [0.3, 0.4) is 0 Å². The molecule has 2 aliphatic rings. The van der Waals surface area contributed by atoms with Gasteiger partial charge >= 0.3 is 5.97 Å². The van der Waals surface area contributed by atoms with Gasteiger partial charge in [0.1, 0.15) is 22.8 Å². The Morgan fingerprint density at radius 3 is 2.94 bits per heavy atom. The number of fused-ring (bicyclic) bond motifs is 1. The Morgan fingerprint density at radius 2 is 2.28 bits per heavy atom. The second-order valence-corrected chi connectivity index (χ2v) is 9.64. The number of carboxylic acid groups (broad SMARTS) is 1. The van der Waals surface area contributed by atoms with E-state index in [9.17, 15) is 24.6 Å². The fourth-order valence-corrected chi connectivity index (χ4v) is 5.62. The number of carboxylic acids is 1. The van der Waals surface area contributed by atoms with Crippen molar-refractivity contribution in [3.8, 4) is 12.3 Å². The molecule has 0 radical (unpaired) electrons. The second kappa shape index (κ2) is 10.8. The van der Waals surface area contributed by atoms with Crippen molar-refractivity contribution in [3.05, 3.63) is 52.4 Å². The van der Waals surface area contributed by atoms with E-state index in [1.54, 1.807) is 29.1 Å². The first-order valence-corrected chi connectivity index (χ1v) is 12.4. The highest BCUT2D eigenvalue weighted by atomic mass is 32.2. The number of nitrogens with zero attached hydrogens (tertiary/aromatic N) is 4. The van der Waals surface area contributed by atoms with Crippen LogP contribution >= 0.6 is 23.1 Å². The molecule has 5 N–H and O–H groups in total. The average Bonchev–Trinajstić information content (AvgIpc) is 3.30. The van der Waals surface area contributed by atoms with Crippen LogP contribution in [0.5, 0.6) is 0 Å². The maximum Gasteiger partial charge on any atom is 0.352 e. The lowest BCUT2D eigenvalue weighted by Crippen LogP contribution is -2.71. The number of aliphatic carboxylic acids is 1. The summed E-state index contributed by atoms with van der Waals surface area (Å²) in [5.41, 5.74) is 6.69. The number of oxime groups is 1. The predicted molar refractivity (Wildman–Crippen MR) is 130 cm³/mol. The van der Waals surface area contributed by atoms with Gasteiger partial charge in [-0.25, -0.2) is 14.3 Å². The van der Waals surface area contributed by atoms with Crippen LogP contribution < -0.4 is 15.6 Å². The van der Waals surface area contributed by atoms with E-state index in [-0.39, 0.29) is 42.0 Å². The molecule has 0 aromatic carbocycles. The van der Waals surface area contributed by atoms with Crippen LogP contribution in [0.2, 0.25) is 0 Å². The summed E-state index contributed by atoms with van der Waals surface area (Å²) in [6.07, 6.45) is 8.61. The Labute approximate surface area is 213 Å². The fourth-order valence-electron chi connectivity index (χ4n) is 3.74. The molecule has 2 aromatic heterocycles. The Kier molecular flexibility index (Phi) is 7.53. The minimum Gasteiger partial charge on any atom is -0.477 e. The molecule has 2 aliphatic heterocycles. The molecule has 4 heterocycles. The number of aromatic nitrogens is 2. The third-order valence-electron chi connectivity index (χ3n) is 5.30. The van der Waals surface area contributed by atoms with E-state index in [0.29, 0.717) is 16.9 Å². The number of β-lactam (4-membered cyclic amide) rings is 1. The molecule has 2 amide bonds. The van der Waals surface area contributed by atoms with Gasteiger partial charge in [0, 0.05) is 28.3 Å². The van der Waals surface area contributed by atoms with Crippen LogP contribution in [-0.2, 0) is 32.4 Å². The lowest BCUT2D eigenvalue weighted by molar-refractivity contribution is -0.689. The average molecular weight is 530 g/mol. The second-order valence-electron chi connectivity index (χ2n) is 7.65. The molecule has 0 spiro atoms. The van der Waals surface area contributed by atoms with Gasteiger partial charge in [0.25, 0.3) is 11.8 Å². The van der Waals surface area contributed by atoms with Gasteiger partial charge in [0.15, 0.2) is 36.4 Å². The smallest absolute Gasteiger partial charge is 0.352 e. The van der Waals surface area contributed by atoms with Gasteiger partial charge in [-0.2, -0.15) is 0 Å². The van der Waals surface area contributed by atoms with Gasteiger partial charge < -0.3 is 26.1 Å². The summed E-state index contributed by atoms with van der Waals surface area (Å²) in [7, 11) is 0. The number of nitrogens with two attached hydrogens (primary N) is 1. The number of hydrogen-bond donors (Lipinski definition) is 4. The number of aliphatic hydroxyl groups excluding tert-OH is 1. The molecule has 1 unspecified atom stereocenters. The third-order valence-corrected chi connectivity index (χ3v) is 7.31. The number of terminal acetylenes is 1. The zero-order valence-corrected chi connectivity index (χ0v) is 20.3. The van der Waals surface area contributed by atoms with Crippen molar-refractivity contribution < 1.29 is 34.0 Å². The summed E-state index contributed by atoms with van der Waals surface area (Å²) >= 11 is 2.43. The quantitative estimate of drug-likeness (QED) is 0.0818. The van der Waals surface area contributed by atoms with Crippen molar-refractivity contribution >= 4 is 51.7 Å². The van der Waals surface area contributed by atoms with Crippen LogP contribution in [0.25, 0.3) is 0 Å². The van der Waals surface area contributed by atoms with Crippen LogP contribution in [0.4, 0.5) is 5.13 Å². The number of nitrogen functional groups attached to an aromatic ring is 1. The van der Waals surface area contributed by atoms with E-state index in [2.05, 4.69) is 21.4 Å². The van der Waals surface area contributed by atoms with Gasteiger partial charge in [-0.15, -0.1) is 29.5 Å². The molecule has 0 saturated carbocycles. The Bertz CT molecular complexity index is 1320. The summed E-state index contributed by atoms with van der Waals surface area (Å²) < 4.78 is 1.74. The Morgan fingerprint density at radius 1 is 1.47 bits per heavy atom. The van der Waals surface area contributed by atoms with E-state index in [0.717, 1.165) is 11.3 Å². The van der Waals surface area contributed by atoms with E-state index < -0.39 is 29.2 Å². The van der Waals surface area contributed by atoms with Crippen molar-refractivity contribution in [1.29, 1.82) is 0 Å². The molecule has 0 aliphatic carbocycles. The van der Waals surface area contributed by atoms with Gasteiger partial charge in [0.2, 0.25) is 0 Å². The topological polar surface area (TPSA) is 171 Å². The highest BCUT2D eigenvalue weighted by Gasteiger charge is 2.54. The number of pyridine rings is 1. The van der Waals surface area contributed by atoms with Crippen molar-refractivity contribution in [3.63, 3.8) is 0 Å². The number of carbonyl (C=O) groups is 3. The molecule has 186 valence electrons. The van der Waals surface area contributed by atoms with Crippen LogP contribution in [0, 0.1) is 12.3 Å². The molecule has 1 fully saturated rings. The van der Waals surface area contributed by atoms with E-state index in [1.807, 2.05) is 0 Å². The monoisotopic (exact) mass is 529 g/mol. The summed E-state index contributed by atoms with van der Waals surface area (Å²) in [6.45, 7) is -0.106. The first-order valence-electron chi connectivity index (χ1n) is 10.5. The molecule has 0 bridgehead atoms. The highest BCUT2D eigenvalue weighted by molar-refractivity contribution is 8.00. The maximum atomic E-state index is 13.0. The number of nitrogens with one attached hydrogen (secondary N) is 1. The number of thiazole rings is 1. The van der Waals surface area contributed by atoms with Gasteiger partial charge in [-0.1, -0.05) is 11.1 Å². The van der Waals surface area contributed by atoms with E-state index >= 15 is 0 Å². The van der Waals surface area contributed by atoms with Crippen molar-refractivity contribution in [2.75, 3.05) is 18.1 Å². The normalized spacial score (nSPS) is 19.3. The summed E-state index contributed by atoms with van der Waals surface area (Å²) in [5.74, 6) is 0.0126. The zero-order chi connectivity index (χ0) is 25.8. The summed E-state index contributed by atoms with van der Waals surface area (Å²) in [5, 5.41) is 26.7. The first kappa shape index (κ1) is 25.2. The van der Waals surface area contributed by atoms with Crippen molar-refractivity contribution in [2.45, 2.75) is 24.6 Å². The van der Waals surface area contributed by atoms with E-state index in [1.165, 1.54) is 22.0 Å². The molecule has 14 heteroatoms.